The van der Waals surface area contributed by atoms with Gasteiger partial charge in [-0.1, -0.05) is 12.1 Å². The standard InChI is InChI=1S/C19H25FN2O2/c1-14(15-5-4-6-16(20)11-15)21-17-7-9-19(10-8-17)24-13-18(23)12-22(2)3/h4-11,14,18,21,23H,12-13H2,1-3H3. The first-order chi connectivity index (χ1) is 11.4. The predicted octanol–water partition coefficient (Wildman–Crippen LogP) is 3.30. The molecule has 2 aromatic carbocycles. The lowest BCUT2D eigenvalue weighted by molar-refractivity contribution is 0.0831. The summed E-state index contributed by atoms with van der Waals surface area (Å²) in [7, 11) is 3.81. The topological polar surface area (TPSA) is 44.7 Å². The van der Waals surface area contributed by atoms with Crippen LogP contribution in [0.15, 0.2) is 48.5 Å². The minimum Gasteiger partial charge on any atom is -0.491 e. The molecule has 2 atom stereocenters. The van der Waals surface area contributed by atoms with Crippen molar-refractivity contribution in [3.63, 3.8) is 0 Å². The number of rotatable bonds is 8. The van der Waals surface area contributed by atoms with Gasteiger partial charge in [0.15, 0.2) is 0 Å². The number of aliphatic hydroxyl groups excluding tert-OH is 1. The molecule has 2 aromatic rings. The summed E-state index contributed by atoms with van der Waals surface area (Å²) in [5.41, 5.74) is 1.81. The lowest BCUT2D eigenvalue weighted by Crippen LogP contribution is -2.30. The van der Waals surface area contributed by atoms with Crippen LogP contribution >= 0.6 is 0 Å². The molecule has 2 rings (SSSR count). The molecule has 5 heteroatoms. The van der Waals surface area contributed by atoms with Crippen molar-refractivity contribution in [1.82, 2.24) is 4.90 Å². The first kappa shape index (κ1) is 18.2. The highest BCUT2D eigenvalue weighted by Crippen LogP contribution is 2.22. The lowest BCUT2D eigenvalue weighted by atomic mass is 10.1. The first-order valence-corrected chi connectivity index (χ1v) is 8.01. The molecule has 0 saturated heterocycles. The molecule has 0 fully saturated rings. The summed E-state index contributed by atoms with van der Waals surface area (Å²) in [6.45, 7) is 2.80. The number of ether oxygens (including phenoxy) is 1. The molecule has 0 bridgehead atoms. The van der Waals surface area contributed by atoms with E-state index in [1.165, 1.54) is 12.1 Å². The van der Waals surface area contributed by atoms with Crippen molar-refractivity contribution in [3.8, 4) is 5.75 Å². The van der Waals surface area contributed by atoms with E-state index in [4.69, 9.17) is 4.74 Å². The number of nitrogens with zero attached hydrogens (tertiary/aromatic N) is 1. The smallest absolute Gasteiger partial charge is 0.123 e. The zero-order chi connectivity index (χ0) is 17.5. The molecule has 0 amide bonds. The molecule has 0 radical (unpaired) electrons. The Bertz CT molecular complexity index is 632. The summed E-state index contributed by atoms with van der Waals surface area (Å²) < 4.78 is 18.9. The van der Waals surface area contributed by atoms with Gasteiger partial charge in [0.1, 0.15) is 24.3 Å². The monoisotopic (exact) mass is 332 g/mol. The summed E-state index contributed by atoms with van der Waals surface area (Å²) in [5, 5.41) is 13.1. The van der Waals surface area contributed by atoms with Crippen LogP contribution in [0, 0.1) is 5.82 Å². The molecule has 4 nitrogen and oxygen atoms in total. The van der Waals surface area contributed by atoms with E-state index < -0.39 is 6.10 Å². The van der Waals surface area contributed by atoms with Crippen LogP contribution in [-0.2, 0) is 0 Å². The summed E-state index contributed by atoms with van der Waals surface area (Å²) >= 11 is 0. The Morgan fingerprint density at radius 1 is 1.17 bits per heavy atom. The number of hydrogen-bond donors (Lipinski definition) is 2. The van der Waals surface area contributed by atoms with E-state index >= 15 is 0 Å². The van der Waals surface area contributed by atoms with Crippen LogP contribution < -0.4 is 10.1 Å². The quantitative estimate of drug-likeness (QED) is 0.778. The third-order valence-corrected chi connectivity index (χ3v) is 3.60. The van der Waals surface area contributed by atoms with Crippen LogP contribution in [0.4, 0.5) is 10.1 Å². The van der Waals surface area contributed by atoms with Gasteiger partial charge in [-0.25, -0.2) is 4.39 Å². The zero-order valence-electron chi connectivity index (χ0n) is 14.4. The van der Waals surface area contributed by atoms with E-state index in [0.717, 1.165) is 11.3 Å². The highest BCUT2D eigenvalue weighted by atomic mass is 19.1. The number of halogens is 1. The Morgan fingerprint density at radius 2 is 1.88 bits per heavy atom. The Kier molecular flexibility index (Phi) is 6.58. The lowest BCUT2D eigenvalue weighted by Gasteiger charge is -2.18. The molecular weight excluding hydrogens is 307 g/mol. The molecular formula is C19H25FN2O2. The number of likely N-dealkylation sites (N-methyl/N-ethyl adjacent to an activating group) is 1. The number of aliphatic hydroxyl groups is 1. The Hall–Kier alpha value is -2.11. The van der Waals surface area contributed by atoms with E-state index in [9.17, 15) is 9.50 Å². The van der Waals surface area contributed by atoms with Gasteiger partial charge in [0, 0.05) is 18.3 Å². The third-order valence-electron chi connectivity index (χ3n) is 3.60. The highest BCUT2D eigenvalue weighted by Gasteiger charge is 2.08. The van der Waals surface area contributed by atoms with Crippen LogP contribution in [0.2, 0.25) is 0 Å². The van der Waals surface area contributed by atoms with Gasteiger partial charge in [0.2, 0.25) is 0 Å². The van der Waals surface area contributed by atoms with Crippen molar-refractivity contribution in [2.75, 3.05) is 32.6 Å². The van der Waals surface area contributed by atoms with Crippen molar-refractivity contribution >= 4 is 5.69 Å². The first-order valence-electron chi connectivity index (χ1n) is 8.01. The van der Waals surface area contributed by atoms with Crippen molar-refractivity contribution in [1.29, 1.82) is 0 Å². The molecule has 0 aliphatic carbocycles. The number of nitrogens with one attached hydrogen (secondary N) is 1. The third kappa shape index (κ3) is 5.83. The largest absolute Gasteiger partial charge is 0.491 e. The summed E-state index contributed by atoms with van der Waals surface area (Å²) in [6, 6.07) is 14.1. The SMILES string of the molecule is CC(Nc1ccc(OCC(O)CN(C)C)cc1)c1cccc(F)c1. The molecule has 0 spiro atoms. The normalized spacial score (nSPS) is 13.6. The average molecular weight is 332 g/mol. The minimum absolute atomic E-state index is 0.00520. The van der Waals surface area contributed by atoms with Gasteiger partial charge < -0.3 is 20.1 Å². The van der Waals surface area contributed by atoms with Gasteiger partial charge in [0.05, 0.1) is 0 Å². The summed E-state index contributed by atoms with van der Waals surface area (Å²) in [6.07, 6.45) is -0.522. The predicted molar refractivity (Wildman–Crippen MR) is 94.9 cm³/mol. The Morgan fingerprint density at radius 3 is 2.50 bits per heavy atom. The van der Waals surface area contributed by atoms with Crippen molar-refractivity contribution < 1.29 is 14.2 Å². The minimum atomic E-state index is -0.522. The van der Waals surface area contributed by atoms with Gasteiger partial charge in [-0.3, -0.25) is 0 Å². The average Bonchev–Trinajstić information content (AvgIpc) is 2.53. The van der Waals surface area contributed by atoms with Crippen LogP contribution in [0.5, 0.6) is 5.75 Å². The summed E-state index contributed by atoms with van der Waals surface area (Å²) in [4.78, 5) is 1.91. The molecule has 0 saturated carbocycles. The highest BCUT2D eigenvalue weighted by molar-refractivity contribution is 5.48. The molecule has 0 aromatic heterocycles. The molecule has 0 aliphatic rings. The van der Waals surface area contributed by atoms with Crippen LogP contribution in [-0.4, -0.2) is 43.4 Å². The maximum Gasteiger partial charge on any atom is 0.123 e. The van der Waals surface area contributed by atoms with Crippen molar-refractivity contribution in [3.05, 3.63) is 59.9 Å². The molecule has 2 N–H and O–H groups in total. The molecule has 130 valence electrons. The Labute approximate surface area is 142 Å². The van der Waals surface area contributed by atoms with Crippen LogP contribution in [0.1, 0.15) is 18.5 Å². The van der Waals surface area contributed by atoms with Crippen LogP contribution in [0.3, 0.4) is 0 Å². The van der Waals surface area contributed by atoms with Gasteiger partial charge >= 0.3 is 0 Å². The molecule has 0 heterocycles. The fourth-order valence-corrected chi connectivity index (χ4v) is 2.42. The second kappa shape index (κ2) is 8.66. The van der Waals surface area contributed by atoms with Crippen LogP contribution in [0.25, 0.3) is 0 Å². The van der Waals surface area contributed by atoms with E-state index in [1.54, 1.807) is 6.07 Å². The summed E-state index contributed by atoms with van der Waals surface area (Å²) in [5.74, 6) is 0.470. The second-order valence-corrected chi connectivity index (χ2v) is 6.17. The number of anilines is 1. The van der Waals surface area contributed by atoms with Gasteiger partial charge in [-0.2, -0.15) is 0 Å². The molecule has 2 unspecified atom stereocenters. The van der Waals surface area contributed by atoms with E-state index in [2.05, 4.69) is 5.32 Å². The van der Waals surface area contributed by atoms with Crippen molar-refractivity contribution in [2.24, 2.45) is 0 Å². The Balaban J connectivity index is 1.87. The van der Waals surface area contributed by atoms with Gasteiger partial charge in [-0.15, -0.1) is 0 Å². The fraction of sp³-hybridized carbons (Fsp3) is 0.368. The number of hydrogen-bond acceptors (Lipinski definition) is 4. The van der Waals surface area contributed by atoms with Gasteiger partial charge in [-0.05, 0) is 63.0 Å². The maximum atomic E-state index is 13.3. The second-order valence-electron chi connectivity index (χ2n) is 6.17. The molecule has 0 aliphatic heterocycles. The van der Waals surface area contributed by atoms with E-state index in [-0.39, 0.29) is 18.5 Å². The zero-order valence-corrected chi connectivity index (χ0v) is 14.4. The van der Waals surface area contributed by atoms with E-state index in [0.29, 0.717) is 12.3 Å². The maximum absolute atomic E-state index is 13.3. The number of benzene rings is 2. The van der Waals surface area contributed by atoms with Gasteiger partial charge in [0.25, 0.3) is 0 Å². The fourth-order valence-electron chi connectivity index (χ4n) is 2.42. The van der Waals surface area contributed by atoms with E-state index in [1.807, 2.05) is 56.3 Å². The molecule has 24 heavy (non-hydrogen) atoms. The van der Waals surface area contributed by atoms with Crippen molar-refractivity contribution in [2.45, 2.75) is 19.1 Å².